The summed E-state index contributed by atoms with van der Waals surface area (Å²) in [5.74, 6) is 4.04. The van der Waals surface area contributed by atoms with Crippen LogP contribution in [-0.4, -0.2) is 24.7 Å². The summed E-state index contributed by atoms with van der Waals surface area (Å²) in [7, 11) is 0. The van der Waals surface area contributed by atoms with Gasteiger partial charge in [0.25, 0.3) is 5.91 Å². The molecule has 25 heavy (non-hydrogen) atoms. The molecule has 4 nitrogen and oxygen atoms in total. The monoisotopic (exact) mass is 341 g/mol. The molecule has 0 saturated heterocycles. The van der Waals surface area contributed by atoms with Crippen LogP contribution >= 0.6 is 0 Å². The lowest BCUT2D eigenvalue weighted by atomic mass is 9.48. The third kappa shape index (κ3) is 2.61. The average molecular weight is 341 g/mol. The molecule has 1 amide bonds. The van der Waals surface area contributed by atoms with Crippen LogP contribution < -0.4 is 14.8 Å². The van der Waals surface area contributed by atoms with Gasteiger partial charge in [0.2, 0.25) is 6.10 Å². The number of fused-ring (bicyclic) bond motifs is 1. The highest BCUT2D eigenvalue weighted by molar-refractivity contribution is 5.82. The number of rotatable bonds is 3. The molecule has 4 saturated carbocycles. The van der Waals surface area contributed by atoms with E-state index in [9.17, 15) is 4.79 Å². The molecular formula is C21H27NO3. The zero-order valence-corrected chi connectivity index (χ0v) is 14.9. The molecule has 1 N–H and O–H groups in total. The van der Waals surface area contributed by atoms with E-state index >= 15 is 0 Å². The molecule has 2 atom stereocenters. The van der Waals surface area contributed by atoms with Crippen molar-refractivity contribution in [3.8, 4) is 11.5 Å². The van der Waals surface area contributed by atoms with Crippen molar-refractivity contribution in [3.05, 3.63) is 24.3 Å². The maximum absolute atomic E-state index is 12.8. The van der Waals surface area contributed by atoms with E-state index in [4.69, 9.17) is 9.47 Å². The van der Waals surface area contributed by atoms with Gasteiger partial charge in [0.1, 0.15) is 6.61 Å². The predicted octanol–water partition coefficient (Wildman–Crippen LogP) is 3.55. The van der Waals surface area contributed by atoms with E-state index in [1.165, 1.54) is 38.5 Å². The highest BCUT2D eigenvalue weighted by Crippen LogP contribution is 2.61. The number of benzene rings is 1. The molecule has 1 aliphatic heterocycles. The summed E-state index contributed by atoms with van der Waals surface area (Å²) in [6.45, 7) is 2.50. The van der Waals surface area contributed by atoms with E-state index in [2.05, 4.69) is 12.2 Å². The van der Waals surface area contributed by atoms with Crippen molar-refractivity contribution in [1.29, 1.82) is 0 Å². The molecule has 4 bridgehead atoms. The van der Waals surface area contributed by atoms with E-state index in [0.29, 0.717) is 11.2 Å². The maximum atomic E-state index is 12.8. The van der Waals surface area contributed by atoms with Gasteiger partial charge in [-0.3, -0.25) is 4.79 Å². The second kappa shape index (κ2) is 5.65. The Morgan fingerprint density at radius 3 is 2.32 bits per heavy atom. The van der Waals surface area contributed by atoms with Gasteiger partial charge < -0.3 is 14.8 Å². The Balaban J connectivity index is 1.27. The maximum Gasteiger partial charge on any atom is 0.264 e. The third-order valence-electron chi connectivity index (χ3n) is 7.16. The van der Waals surface area contributed by atoms with E-state index in [-0.39, 0.29) is 18.6 Å². The highest BCUT2D eigenvalue weighted by Gasteiger charge is 2.53. The van der Waals surface area contributed by atoms with Gasteiger partial charge in [0, 0.05) is 6.04 Å². The summed E-state index contributed by atoms with van der Waals surface area (Å²) in [6.07, 6.45) is 7.62. The molecule has 0 unspecified atom stereocenters. The molecule has 5 aliphatic rings. The minimum Gasteiger partial charge on any atom is -0.485 e. The quantitative estimate of drug-likeness (QED) is 0.915. The van der Waals surface area contributed by atoms with Gasteiger partial charge in [0.15, 0.2) is 11.5 Å². The van der Waals surface area contributed by atoms with Crippen molar-refractivity contribution in [3.63, 3.8) is 0 Å². The molecule has 6 rings (SSSR count). The smallest absolute Gasteiger partial charge is 0.264 e. The first-order valence-corrected chi connectivity index (χ1v) is 9.80. The molecule has 1 aromatic carbocycles. The van der Waals surface area contributed by atoms with E-state index in [1.807, 2.05) is 24.3 Å². The van der Waals surface area contributed by atoms with Crippen molar-refractivity contribution < 1.29 is 14.3 Å². The molecule has 4 aliphatic carbocycles. The number of nitrogens with one attached hydrogen (secondary N) is 1. The number of para-hydroxylation sites is 2. The van der Waals surface area contributed by atoms with Gasteiger partial charge in [-0.15, -0.1) is 0 Å². The Hall–Kier alpha value is -1.71. The number of hydrogen-bond donors (Lipinski definition) is 1. The Labute approximate surface area is 149 Å². The largest absolute Gasteiger partial charge is 0.485 e. The fourth-order valence-corrected chi connectivity index (χ4v) is 6.32. The molecule has 0 spiro atoms. The Kier molecular flexibility index (Phi) is 3.51. The minimum atomic E-state index is -0.550. The minimum absolute atomic E-state index is 0.0299. The summed E-state index contributed by atoms with van der Waals surface area (Å²) in [5, 5.41) is 3.29. The Morgan fingerprint density at radius 2 is 1.68 bits per heavy atom. The topological polar surface area (TPSA) is 47.6 Å². The molecule has 0 aromatic heterocycles. The molecule has 1 aromatic rings. The molecular weight excluding hydrogens is 314 g/mol. The van der Waals surface area contributed by atoms with Crippen molar-refractivity contribution >= 4 is 5.91 Å². The van der Waals surface area contributed by atoms with Crippen LogP contribution in [0.1, 0.15) is 45.4 Å². The van der Waals surface area contributed by atoms with Gasteiger partial charge in [-0.25, -0.2) is 0 Å². The molecule has 4 heteroatoms. The lowest BCUT2D eigenvalue weighted by Crippen LogP contribution is -2.58. The average Bonchev–Trinajstić information content (AvgIpc) is 2.60. The Bertz CT molecular complexity index is 650. The number of carbonyl (C=O) groups is 1. The van der Waals surface area contributed by atoms with Crippen LogP contribution in [0.5, 0.6) is 11.5 Å². The molecule has 134 valence electrons. The van der Waals surface area contributed by atoms with Crippen LogP contribution in [0.2, 0.25) is 0 Å². The van der Waals surface area contributed by atoms with E-state index < -0.39 is 6.10 Å². The van der Waals surface area contributed by atoms with Crippen molar-refractivity contribution in [1.82, 2.24) is 5.32 Å². The van der Waals surface area contributed by atoms with Gasteiger partial charge in [-0.2, -0.15) is 0 Å². The van der Waals surface area contributed by atoms with Gasteiger partial charge in [-0.1, -0.05) is 12.1 Å². The third-order valence-corrected chi connectivity index (χ3v) is 7.16. The summed E-state index contributed by atoms with van der Waals surface area (Å²) in [6, 6.07) is 7.77. The van der Waals surface area contributed by atoms with Gasteiger partial charge in [0.05, 0.1) is 0 Å². The lowest BCUT2D eigenvalue weighted by molar-refractivity contribution is -0.134. The number of ether oxygens (including phenoxy) is 2. The van der Waals surface area contributed by atoms with Crippen LogP contribution in [0.4, 0.5) is 0 Å². The fourth-order valence-electron chi connectivity index (χ4n) is 6.32. The number of carbonyl (C=O) groups excluding carboxylic acids is 1. The Morgan fingerprint density at radius 1 is 1.08 bits per heavy atom. The van der Waals surface area contributed by atoms with Crippen LogP contribution in [0.3, 0.4) is 0 Å². The van der Waals surface area contributed by atoms with Crippen molar-refractivity contribution in [2.45, 2.75) is 57.6 Å². The normalized spacial score (nSPS) is 39.1. The summed E-state index contributed by atoms with van der Waals surface area (Å²) in [5.41, 5.74) is 0.317. The SMILES string of the molecule is C[C@H](NC(=O)[C@H]1COc2ccccc2O1)C12CC3CC(CC(C3)C1)C2. The first kappa shape index (κ1) is 15.5. The number of amides is 1. The lowest BCUT2D eigenvalue weighted by Gasteiger charge is -2.59. The van der Waals surface area contributed by atoms with Crippen LogP contribution in [0.15, 0.2) is 24.3 Å². The van der Waals surface area contributed by atoms with Gasteiger partial charge in [-0.05, 0) is 80.8 Å². The fraction of sp³-hybridized carbons (Fsp3) is 0.667. The van der Waals surface area contributed by atoms with Crippen LogP contribution in [-0.2, 0) is 4.79 Å². The first-order chi connectivity index (χ1) is 12.1. The zero-order chi connectivity index (χ0) is 17.0. The number of hydrogen-bond acceptors (Lipinski definition) is 3. The second-order valence-corrected chi connectivity index (χ2v) is 8.87. The second-order valence-electron chi connectivity index (χ2n) is 8.87. The summed E-state index contributed by atoms with van der Waals surface area (Å²) >= 11 is 0. The molecule has 0 radical (unpaired) electrons. The van der Waals surface area contributed by atoms with Crippen LogP contribution in [0.25, 0.3) is 0 Å². The summed E-state index contributed by atoms with van der Waals surface area (Å²) < 4.78 is 11.6. The van der Waals surface area contributed by atoms with Crippen molar-refractivity contribution in [2.75, 3.05) is 6.61 Å². The summed E-state index contributed by atoms with van der Waals surface area (Å²) in [4.78, 5) is 12.8. The van der Waals surface area contributed by atoms with Gasteiger partial charge >= 0.3 is 0 Å². The van der Waals surface area contributed by atoms with E-state index in [1.54, 1.807) is 0 Å². The molecule has 1 heterocycles. The van der Waals surface area contributed by atoms with Crippen LogP contribution in [0, 0.1) is 23.2 Å². The first-order valence-electron chi connectivity index (χ1n) is 9.80. The molecule has 4 fully saturated rings. The highest BCUT2D eigenvalue weighted by atomic mass is 16.6. The predicted molar refractivity (Wildman–Crippen MR) is 94.6 cm³/mol. The van der Waals surface area contributed by atoms with Crippen molar-refractivity contribution in [2.24, 2.45) is 23.2 Å². The standard InChI is InChI=1S/C21H27NO3/c1-13(21-9-14-6-15(10-21)8-16(7-14)11-21)22-20(23)19-12-24-17-4-2-3-5-18(17)25-19/h2-5,13-16,19H,6-12H2,1H3,(H,22,23)/t13-,14?,15?,16?,19+,21?/m0/s1. The van der Waals surface area contributed by atoms with E-state index in [0.717, 1.165) is 23.5 Å². The zero-order valence-electron chi connectivity index (χ0n) is 14.9.